The lowest BCUT2D eigenvalue weighted by Crippen LogP contribution is -2.41. The molecule has 0 bridgehead atoms. The van der Waals surface area contributed by atoms with E-state index in [-0.39, 0.29) is 10.0 Å². The van der Waals surface area contributed by atoms with E-state index in [0.29, 0.717) is 0 Å². The molecule has 17 heavy (non-hydrogen) atoms. The van der Waals surface area contributed by atoms with Crippen molar-refractivity contribution in [3.63, 3.8) is 0 Å². The first-order valence-electron chi connectivity index (χ1n) is 3.83. The molecule has 0 radical (unpaired) electrons. The Morgan fingerprint density at radius 3 is 1.88 bits per heavy atom. The summed E-state index contributed by atoms with van der Waals surface area (Å²) in [7, 11) is 0. The maximum Gasteiger partial charge on any atom is 0.499 e. The highest BCUT2D eigenvalue weighted by Gasteiger charge is 2.61. The largest absolute Gasteiger partial charge is 0.499 e. The van der Waals surface area contributed by atoms with Crippen molar-refractivity contribution >= 4 is 34.8 Å². The smallest absolute Gasteiger partial charge is 0.424 e. The second kappa shape index (κ2) is 4.66. The van der Waals surface area contributed by atoms with E-state index >= 15 is 0 Å². The highest BCUT2D eigenvalue weighted by molar-refractivity contribution is 6.48. The van der Waals surface area contributed by atoms with Crippen LogP contribution in [0.25, 0.3) is 0 Å². The van der Waals surface area contributed by atoms with E-state index in [4.69, 9.17) is 34.8 Å². The number of ether oxygens (including phenoxy) is 1. The van der Waals surface area contributed by atoms with E-state index in [0.717, 1.165) is 12.1 Å². The third kappa shape index (κ3) is 3.05. The van der Waals surface area contributed by atoms with Gasteiger partial charge in [-0.15, -0.1) is 0 Å². The number of alkyl halides is 5. The number of hydrogen-bond donors (Lipinski definition) is 0. The van der Waals surface area contributed by atoms with E-state index in [1.165, 1.54) is 0 Å². The summed E-state index contributed by atoms with van der Waals surface area (Å²) in [5, 5.41) is -1.09. The second-order valence-electron chi connectivity index (χ2n) is 2.79. The molecule has 0 saturated heterocycles. The third-order valence-corrected chi connectivity index (χ3v) is 2.84. The Balaban J connectivity index is 3.09. The van der Waals surface area contributed by atoms with Gasteiger partial charge in [0.25, 0.3) is 0 Å². The Labute approximate surface area is 107 Å². The van der Waals surface area contributed by atoms with Crippen LogP contribution in [-0.4, -0.2) is 12.3 Å². The van der Waals surface area contributed by atoms with Gasteiger partial charge in [0, 0.05) is 0 Å². The molecule has 0 aliphatic carbocycles. The van der Waals surface area contributed by atoms with Crippen molar-refractivity contribution in [2.24, 2.45) is 0 Å². The zero-order valence-electron chi connectivity index (χ0n) is 7.59. The molecule has 1 rings (SSSR count). The van der Waals surface area contributed by atoms with Gasteiger partial charge in [-0.2, -0.15) is 22.0 Å². The second-order valence-corrected chi connectivity index (χ2v) is 3.95. The fourth-order valence-electron chi connectivity index (χ4n) is 0.783. The van der Waals surface area contributed by atoms with Crippen LogP contribution in [0.1, 0.15) is 0 Å². The first-order valence-corrected chi connectivity index (χ1v) is 4.96. The van der Waals surface area contributed by atoms with Gasteiger partial charge in [0.1, 0.15) is 10.8 Å². The van der Waals surface area contributed by atoms with Gasteiger partial charge in [-0.1, -0.05) is 34.8 Å². The molecule has 0 atom stereocenters. The number of benzene rings is 1. The molecule has 0 N–H and O–H groups in total. The predicted molar refractivity (Wildman–Crippen MR) is 53.1 cm³/mol. The monoisotopic (exact) mass is 314 g/mol. The SMILES string of the molecule is FC(F)(F)C(F)(F)Oc1ccc(Cl)c(Cl)c1Cl. The van der Waals surface area contributed by atoms with Crippen molar-refractivity contribution in [2.45, 2.75) is 12.3 Å². The van der Waals surface area contributed by atoms with Crippen molar-refractivity contribution in [2.75, 3.05) is 0 Å². The average Bonchev–Trinajstić information content (AvgIpc) is 2.17. The quantitative estimate of drug-likeness (QED) is 0.539. The summed E-state index contributed by atoms with van der Waals surface area (Å²) < 4.78 is 64.2. The molecule has 0 aliphatic rings. The Bertz CT molecular complexity index is 432. The zero-order valence-corrected chi connectivity index (χ0v) is 9.85. The van der Waals surface area contributed by atoms with Crippen LogP contribution in [0.15, 0.2) is 12.1 Å². The minimum absolute atomic E-state index is 0.0978. The Morgan fingerprint density at radius 2 is 1.41 bits per heavy atom. The number of hydrogen-bond acceptors (Lipinski definition) is 1. The van der Waals surface area contributed by atoms with Crippen LogP contribution in [0, 0.1) is 0 Å². The van der Waals surface area contributed by atoms with Gasteiger partial charge < -0.3 is 4.74 Å². The molecule has 0 aliphatic heterocycles. The van der Waals surface area contributed by atoms with Gasteiger partial charge >= 0.3 is 12.3 Å². The maximum atomic E-state index is 12.5. The number of rotatable bonds is 2. The van der Waals surface area contributed by atoms with Crippen molar-refractivity contribution in [3.05, 3.63) is 27.2 Å². The summed E-state index contributed by atoms with van der Waals surface area (Å²) in [5.41, 5.74) is 0. The summed E-state index contributed by atoms with van der Waals surface area (Å²) in [5.74, 6) is -0.914. The summed E-state index contributed by atoms with van der Waals surface area (Å²) in [6.07, 6.45) is -11.2. The molecule has 0 saturated carbocycles. The van der Waals surface area contributed by atoms with Crippen molar-refractivity contribution in [3.8, 4) is 5.75 Å². The molecule has 96 valence electrons. The van der Waals surface area contributed by atoms with Crippen molar-refractivity contribution < 1.29 is 26.7 Å². The van der Waals surface area contributed by atoms with E-state index in [1.807, 2.05) is 0 Å². The van der Waals surface area contributed by atoms with Crippen LogP contribution in [0.2, 0.25) is 15.1 Å². The van der Waals surface area contributed by atoms with Crippen LogP contribution in [-0.2, 0) is 0 Å². The standard InChI is InChI=1S/C8H2Cl3F5O/c9-3-1-2-4(6(11)5(3)10)17-8(15,16)7(12,13)14/h1-2H. The Hall–Kier alpha value is -0.460. The molecular formula is C8H2Cl3F5O. The highest BCUT2D eigenvalue weighted by atomic mass is 35.5. The van der Waals surface area contributed by atoms with Crippen LogP contribution < -0.4 is 4.74 Å². The van der Waals surface area contributed by atoms with Gasteiger partial charge in [0.15, 0.2) is 0 Å². The molecule has 0 heterocycles. The van der Waals surface area contributed by atoms with E-state index < -0.39 is 23.1 Å². The zero-order chi connectivity index (χ0) is 13.4. The van der Waals surface area contributed by atoms with Gasteiger partial charge in [-0.25, -0.2) is 0 Å². The topological polar surface area (TPSA) is 9.23 Å². The van der Waals surface area contributed by atoms with Gasteiger partial charge in [-0.05, 0) is 12.1 Å². The fraction of sp³-hybridized carbons (Fsp3) is 0.250. The summed E-state index contributed by atoms with van der Waals surface area (Å²) in [6, 6.07) is 1.74. The van der Waals surface area contributed by atoms with Crippen LogP contribution >= 0.6 is 34.8 Å². The first kappa shape index (κ1) is 14.6. The van der Waals surface area contributed by atoms with Gasteiger partial charge in [-0.3, -0.25) is 0 Å². The molecule has 1 aromatic carbocycles. The Kier molecular flexibility index (Phi) is 4.01. The minimum atomic E-state index is -5.86. The normalized spacial score (nSPS) is 12.7. The lowest BCUT2D eigenvalue weighted by atomic mass is 10.3. The summed E-state index contributed by atoms with van der Waals surface area (Å²) in [6.45, 7) is 0. The molecule has 1 nitrogen and oxygen atoms in total. The lowest BCUT2D eigenvalue weighted by molar-refractivity contribution is -0.360. The van der Waals surface area contributed by atoms with E-state index in [2.05, 4.69) is 4.74 Å². The minimum Gasteiger partial charge on any atom is -0.424 e. The van der Waals surface area contributed by atoms with Crippen molar-refractivity contribution in [1.82, 2.24) is 0 Å². The molecule has 0 spiro atoms. The average molecular weight is 315 g/mol. The van der Waals surface area contributed by atoms with Crippen LogP contribution in [0.4, 0.5) is 22.0 Å². The molecule has 0 aromatic heterocycles. The predicted octanol–water partition coefficient (Wildman–Crippen LogP) is 5.18. The molecule has 0 fully saturated rings. The fourth-order valence-corrected chi connectivity index (χ4v) is 1.35. The number of halogens is 8. The molecule has 0 unspecified atom stereocenters. The maximum absolute atomic E-state index is 12.5. The summed E-state index contributed by atoms with van der Waals surface area (Å²) in [4.78, 5) is 0. The third-order valence-electron chi connectivity index (χ3n) is 1.57. The molecule has 9 heteroatoms. The van der Waals surface area contributed by atoms with Crippen LogP contribution in [0.3, 0.4) is 0 Å². The van der Waals surface area contributed by atoms with Crippen molar-refractivity contribution in [1.29, 1.82) is 0 Å². The molecule has 0 amide bonds. The lowest BCUT2D eigenvalue weighted by Gasteiger charge is -2.21. The van der Waals surface area contributed by atoms with Gasteiger partial charge in [0.2, 0.25) is 0 Å². The van der Waals surface area contributed by atoms with Crippen LogP contribution in [0.5, 0.6) is 5.75 Å². The van der Waals surface area contributed by atoms with E-state index in [1.54, 1.807) is 0 Å². The first-order chi connectivity index (χ1) is 7.56. The highest BCUT2D eigenvalue weighted by Crippen LogP contribution is 2.42. The Morgan fingerprint density at radius 1 is 0.882 bits per heavy atom. The van der Waals surface area contributed by atoms with Gasteiger partial charge in [0.05, 0.1) is 10.0 Å². The molecular weight excluding hydrogens is 313 g/mol. The summed E-state index contributed by atoms with van der Waals surface area (Å²) >= 11 is 16.3. The molecule has 1 aromatic rings. The van der Waals surface area contributed by atoms with E-state index in [9.17, 15) is 22.0 Å².